The van der Waals surface area contributed by atoms with Crippen molar-refractivity contribution in [2.45, 2.75) is 45.2 Å². The number of carbonyl (C=O) groups is 1. The summed E-state index contributed by atoms with van der Waals surface area (Å²) in [6.07, 6.45) is -0.949. The molecule has 164 valence electrons. The standard InChI is InChI=1S/C20H25F3N4O3/c1-13(2)19(28)26-10-14-6-7-15(9-17(14)20(21,22)23)25-11-16(27-24)12-30-18-5-3-4-8-29-18/h6-7,9,11,18,24-25H,1,3-5,8,10,12H2,2H3,(H,26,28)/b16-11-,27-24?. The van der Waals surface area contributed by atoms with Crippen molar-refractivity contribution in [2.24, 2.45) is 5.11 Å². The van der Waals surface area contributed by atoms with Crippen LogP contribution in [0.15, 0.2) is 47.4 Å². The van der Waals surface area contributed by atoms with Gasteiger partial charge in [0, 0.05) is 30.6 Å². The molecule has 1 amide bonds. The fourth-order valence-electron chi connectivity index (χ4n) is 2.70. The molecule has 1 aliphatic rings. The van der Waals surface area contributed by atoms with Crippen LogP contribution in [0.25, 0.3) is 0 Å². The number of nitrogens with one attached hydrogen (secondary N) is 3. The molecule has 2 rings (SSSR count). The number of amides is 1. The van der Waals surface area contributed by atoms with E-state index in [1.807, 2.05) is 0 Å². The zero-order valence-electron chi connectivity index (χ0n) is 16.6. The Balaban J connectivity index is 2.06. The van der Waals surface area contributed by atoms with Crippen molar-refractivity contribution in [1.82, 2.24) is 5.32 Å². The number of alkyl halides is 3. The number of hydrogen-bond donors (Lipinski definition) is 3. The predicted octanol–water partition coefficient (Wildman–Crippen LogP) is 4.73. The molecule has 0 aliphatic carbocycles. The summed E-state index contributed by atoms with van der Waals surface area (Å²) in [5.41, 5.74) is 6.84. The van der Waals surface area contributed by atoms with E-state index in [1.54, 1.807) is 0 Å². The molecule has 0 radical (unpaired) electrons. The Labute approximate surface area is 172 Å². The van der Waals surface area contributed by atoms with Crippen molar-refractivity contribution >= 4 is 11.6 Å². The average molecular weight is 426 g/mol. The summed E-state index contributed by atoms with van der Waals surface area (Å²) in [7, 11) is 0. The van der Waals surface area contributed by atoms with Gasteiger partial charge in [-0.3, -0.25) is 4.79 Å². The number of rotatable bonds is 9. The Bertz CT molecular complexity index is 803. The van der Waals surface area contributed by atoms with E-state index in [-0.39, 0.29) is 42.0 Å². The van der Waals surface area contributed by atoms with Crippen LogP contribution in [0.4, 0.5) is 18.9 Å². The molecule has 1 aromatic carbocycles. The number of carbonyl (C=O) groups excluding carboxylic acids is 1. The van der Waals surface area contributed by atoms with Gasteiger partial charge in [0.25, 0.3) is 0 Å². The molecule has 1 fully saturated rings. The lowest BCUT2D eigenvalue weighted by Gasteiger charge is -2.22. The average Bonchev–Trinajstić information content (AvgIpc) is 2.72. The molecule has 0 spiro atoms. The molecule has 1 aromatic rings. The highest BCUT2D eigenvalue weighted by Crippen LogP contribution is 2.34. The maximum atomic E-state index is 13.4. The van der Waals surface area contributed by atoms with Crippen molar-refractivity contribution in [2.75, 3.05) is 18.5 Å². The van der Waals surface area contributed by atoms with Crippen LogP contribution in [0.5, 0.6) is 0 Å². The summed E-state index contributed by atoms with van der Waals surface area (Å²) < 4.78 is 51.3. The Morgan fingerprint density at radius 3 is 2.80 bits per heavy atom. The van der Waals surface area contributed by atoms with Crippen LogP contribution in [-0.2, 0) is 27.0 Å². The SMILES string of the molecule is C=C(C)C(=O)NCc1ccc(N/C=C(/COC2CCCCO2)N=N)cc1C(F)(F)F. The third-order valence-corrected chi connectivity index (χ3v) is 4.35. The highest BCUT2D eigenvalue weighted by molar-refractivity contribution is 5.92. The van der Waals surface area contributed by atoms with Gasteiger partial charge in [-0.2, -0.15) is 18.3 Å². The molecule has 0 bridgehead atoms. The van der Waals surface area contributed by atoms with Gasteiger partial charge in [-0.15, -0.1) is 0 Å². The molecule has 0 saturated carbocycles. The number of nitrogens with zero attached hydrogens (tertiary/aromatic N) is 1. The highest BCUT2D eigenvalue weighted by Gasteiger charge is 2.33. The van der Waals surface area contributed by atoms with E-state index in [0.717, 1.165) is 25.3 Å². The maximum absolute atomic E-state index is 13.4. The first kappa shape index (κ1) is 23.6. The second-order valence-corrected chi connectivity index (χ2v) is 6.83. The zero-order chi connectivity index (χ0) is 22.1. The molecule has 1 unspecified atom stereocenters. The zero-order valence-corrected chi connectivity index (χ0v) is 16.6. The lowest BCUT2D eigenvalue weighted by Crippen LogP contribution is -2.24. The highest BCUT2D eigenvalue weighted by atomic mass is 19.4. The van der Waals surface area contributed by atoms with Gasteiger partial charge in [-0.1, -0.05) is 12.6 Å². The minimum absolute atomic E-state index is 0.00167. The molecule has 30 heavy (non-hydrogen) atoms. The molecular weight excluding hydrogens is 401 g/mol. The molecule has 3 N–H and O–H groups in total. The fraction of sp³-hybridized carbons (Fsp3) is 0.450. The van der Waals surface area contributed by atoms with Crippen molar-refractivity contribution < 1.29 is 27.4 Å². The summed E-state index contributed by atoms with van der Waals surface area (Å²) in [4.78, 5) is 11.6. The Kier molecular flexibility index (Phi) is 8.55. The largest absolute Gasteiger partial charge is 0.416 e. The van der Waals surface area contributed by atoms with E-state index in [4.69, 9.17) is 15.0 Å². The van der Waals surface area contributed by atoms with Crippen molar-refractivity contribution in [3.8, 4) is 0 Å². The van der Waals surface area contributed by atoms with Crippen LogP contribution in [0, 0.1) is 5.53 Å². The van der Waals surface area contributed by atoms with Crippen molar-refractivity contribution in [1.29, 1.82) is 5.53 Å². The molecule has 1 saturated heterocycles. The lowest BCUT2D eigenvalue weighted by atomic mass is 10.1. The van der Waals surface area contributed by atoms with Gasteiger partial charge in [0.2, 0.25) is 5.91 Å². The van der Waals surface area contributed by atoms with E-state index in [9.17, 15) is 18.0 Å². The maximum Gasteiger partial charge on any atom is 0.416 e. The molecule has 1 atom stereocenters. The Morgan fingerprint density at radius 1 is 1.43 bits per heavy atom. The summed E-state index contributed by atoms with van der Waals surface area (Å²) in [6.45, 7) is 5.25. The van der Waals surface area contributed by atoms with Crippen LogP contribution < -0.4 is 10.6 Å². The van der Waals surface area contributed by atoms with Crippen LogP contribution in [0.3, 0.4) is 0 Å². The van der Waals surface area contributed by atoms with Crippen LogP contribution >= 0.6 is 0 Å². The van der Waals surface area contributed by atoms with Gasteiger partial charge in [-0.05, 0) is 43.9 Å². The number of hydrogen-bond acceptors (Lipinski definition) is 6. The van der Waals surface area contributed by atoms with E-state index < -0.39 is 17.6 Å². The minimum Gasteiger partial charge on any atom is -0.360 e. The third-order valence-electron chi connectivity index (χ3n) is 4.35. The summed E-state index contributed by atoms with van der Waals surface area (Å²) in [5.74, 6) is -0.517. The lowest BCUT2D eigenvalue weighted by molar-refractivity contribution is -0.157. The summed E-state index contributed by atoms with van der Waals surface area (Å²) in [5, 5.41) is 8.44. The predicted molar refractivity (Wildman–Crippen MR) is 105 cm³/mol. The van der Waals surface area contributed by atoms with Crippen LogP contribution in [0.1, 0.15) is 37.3 Å². The number of halogens is 3. The summed E-state index contributed by atoms with van der Waals surface area (Å²) in [6, 6.07) is 3.66. The number of benzene rings is 1. The molecule has 0 aromatic heterocycles. The van der Waals surface area contributed by atoms with E-state index >= 15 is 0 Å². The third kappa shape index (κ3) is 7.27. The minimum atomic E-state index is -4.60. The molecule has 1 aliphatic heterocycles. The first-order valence-corrected chi connectivity index (χ1v) is 9.40. The first-order valence-electron chi connectivity index (χ1n) is 9.40. The van der Waals surface area contributed by atoms with Crippen LogP contribution in [-0.4, -0.2) is 25.4 Å². The number of anilines is 1. The fourth-order valence-corrected chi connectivity index (χ4v) is 2.70. The molecular formula is C20H25F3N4O3. The normalized spacial score (nSPS) is 17.3. The monoisotopic (exact) mass is 426 g/mol. The van der Waals surface area contributed by atoms with Crippen LogP contribution in [0.2, 0.25) is 0 Å². The van der Waals surface area contributed by atoms with Gasteiger partial charge in [-0.25, -0.2) is 5.53 Å². The van der Waals surface area contributed by atoms with E-state index in [2.05, 4.69) is 22.3 Å². The smallest absolute Gasteiger partial charge is 0.360 e. The topological polar surface area (TPSA) is 95.8 Å². The second kappa shape index (κ2) is 10.9. The van der Waals surface area contributed by atoms with Crippen molar-refractivity contribution in [3.63, 3.8) is 0 Å². The number of ether oxygens (including phenoxy) is 2. The van der Waals surface area contributed by atoms with Gasteiger partial charge in [0.05, 0.1) is 12.2 Å². The molecule has 1 heterocycles. The van der Waals surface area contributed by atoms with E-state index in [0.29, 0.717) is 6.61 Å². The van der Waals surface area contributed by atoms with Gasteiger partial charge >= 0.3 is 6.18 Å². The van der Waals surface area contributed by atoms with Gasteiger partial charge in [0.15, 0.2) is 6.29 Å². The first-order chi connectivity index (χ1) is 14.2. The Morgan fingerprint density at radius 2 is 2.20 bits per heavy atom. The van der Waals surface area contributed by atoms with Gasteiger partial charge in [0.1, 0.15) is 5.70 Å². The van der Waals surface area contributed by atoms with E-state index in [1.165, 1.54) is 25.3 Å². The van der Waals surface area contributed by atoms with Crippen molar-refractivity contribution in [3.05, 3.63) is 53.4 Å². The molecule has 10 heteroatoms. The second-order valence-electron chi connectivity index (χ2n) is 6.83. The Hall–Kier alpha value is -2.72. The molecule has 7 nitrogen and oxygen atoms in total. The quantitative estimate of drug-likeness (QED) is 0.393. The van der Waals surface area contributed by atoms with Gasteiger partial charge < -0.3 is 20.1 Å². The summed E-state index contributed by atoms with van der Waals surface area (Å²) >= 11 is 0.